The van der Waals surface area contributed by atoms with E-state index in [0.29, 0.717) is 17.6 Å². The lowest BCUT2D eigenvalue weighted by molar-refractivity contribution is -0.873. The number of likely N-dealkylation sites (N-methyl/N-ethyl adjacent to an activating group) is 1. The summed E-state index contributed by atoms with van der Waals surface area (Å²) in [6.07, 6.45) is 17.3. The average Bonchev–Trinajstić information content (AvgIpc) is 2.49. The predicted octanol–water partition coefficient (Wildman–Crippen LogP) is 5.03. The van der Waals surface area contributed by atoms with Crippen LogP contribution in [0.25, 0.3) is 0 Å². The van der Waals surface area contributed by atoms with E-state index in [-0.39, 0.29) is 12.5 Å². The number of carboxylic acid groups (broad SMARTS) is 1. The van der Waals surface area contributed by atoms with Crippen LogP contribution < -0.4 is 0 Å². The zero-order valence-electron chi connectivity index (χ0n) is 17.1. The summed E-state index contributed by atoms with van der Waals surface area (Å²) in [6.45, 7) is 3.47. The molecule has 0 saturated heterocycles. The first-order valence-corrected chi connectivity index (χ1v) is 10.1. The van der Waals surface area contributed by atoms with Crippen LogP contribution >= 0.6 is 0 Å². The van der Waals surface area contributed by atoms with E-state index in [4.69, 9.17) is 9.84 Å². The normalized spacial score (nSPS) is 13.4. The number of ether oxygens (including phenoxy) is 1. The highest BCUT2D eigenvalue weighted by atomic mass is 16.5. The standard InChI is InChI=1S/C21H41NO3/c1-5-6-7-8-9-10-11-12-13-14-15-16-17-25-20(18-21(23)24)19-22(2,3)4/h15-16,20H,5-14,17-19H2,1-4H3/p+1/b16-15+. The molecule has 1 atom stereocenters. The largest absolute Gasteiger partial charge is 0.481 e. The van der Waals surface area contributed by atoms with Crippen LogP contribution in [-0.4, -0.2) is 56.0 Å². The zero-order valence-corrected chi connectivity index (χ0v) is 17.1. The van der Waals surface area contributed by atoms with Crippen molar-refractivity contribution >= 4 is 5.97 Å². The van der Waals surface area contributed by atoms with Crippen LogP contribution in [0.15, 0.2) is 12.2 Å². The van der Waals surface area contributed by atoms with Crippen molar-refractivity contribution in [2.24, 2.45) is 0 Å². The highest BCUT2D eigenvalue weighted by Gasteiger charge is 2.21. The van der Waals surface area contributed by atoms with Crippen LogP contribution in [0, 0.1) is 0 Å². The predicted molar refractivity (Wildman–Crippen MR) is 106 cm³/mol. The number of nitrogens with zero attached hydrogens (tertiary/aromatic N) is 1. The summed E-state index contributed by atoms with van der Waals surface area (Å²) in [4.78, 5) is 10.9. The van der Waals surface area contributed by atoms with Crippen molar-refractivity contribution in [3.8, 4) is 0 Å². The summed E-state index contributed by atoms with van der Waals surface area (Å²) in [7, 11) is 6.16. The number of hydrogen-bond donors (Lipinski definition) is 1. The summed E-state index contributed by atoms with van der Waals surface area (Å²) < 4.78 is 6.45. The average molecular weight is 357 g/mol. The van der Waals surface area contributed by atoms with Crippen LogP contribution in [0.2, 0.25) is 0 Å². The molecule has 0 aliphatic heterocycles. The highest BCUT2D eigenvalue weighted by molar-refractivity contribution is 5.67. The van der Waals surface area contributed by atoms with Crippen molar-refractivity contribution in [1.82, 2.24) is 0 Å². The number of rotatable bonds is 17. The van der Waals surface area contributed by atoms with E-state index < -0.39 is 5.97 Å². The van der Waals surface area contributed by atoms with Gasteiger partial charge in [-0.05, 0) is 12.8 Å². The molecule has 4 nitrogen and oxygen atoms in total. The number of aliphatic carboxylic acids is 1. The van der Waals surface area contributed by atoms with Gasteiger partial charge in [-0.3, -0.25) is 4.79 Å². The number of carbonyl (C=O) groups is 1. The molecule has 0 fully saturated rings. The van der Waals surface area contributed by atoms with E-state index in [0.717, 1.165) is 6.42 Å². The lowest BCUT2D eigenvalue weighted by atomic mass is 10.1. The number of quaternary nitrogens is 1. The molecule has 0 spiro atoms. The monoisotopic (exact) mass is 356 g/mol. The number of carboxylic acids is 1. The molecular formula is C21H42NO3+. The van der Waals surface area contributed by atoms with E-state index in [2.05, 4.69) is 34.1 Å². The Morgan fingerprint density at radius 3 is 2.04 bits per heavy atom. The third-order valence-electron chi connectivity index (χ3n) is 4.22. The van der Waals surface area contributed by atoms with E-state index in [9.17, 15) is 4.79 Å². The van der Waals surface area contributed by atoms with Gasteiger partial charge in [-0.25, -0.2) is 0 Å². The Morgan fingerprint density at radius 2 is 1.52 bits per heavy atom. The van der Waals surface area contributed by atoms with Crippen molar-refractivity contribution < 1.29 is 19.1 Å². The summed E-state index contributed by atoms with van der Waals surface area (Å²) in [5.41, 5.74) is 0. The van der Waals surface area contributed by atoms with Gasteiger partial charge in [0.15, 0.2) is 0 Å². The number of allylic oxidation sites excluding steroid dienone is 1. The molecule has 0 aromatic rings. The maximum Gasteiger partial charge on any atom is 0.306 e. The van der Waals surface area contributed by atoms with Gasteiger partial charge in [-0.15, -0.1) is 0 Å². The summed E-state index contributed by atoms with van der Waals surface area (Å²) in [5.74, 6) is -0.794. The van der Waals surface area contributed by atoms with Crippen LogP contribution in [0.3, 0.4) is 0 Å². The molecule has 148 valence electrons. The highest BCUT2D eigenvalue weighted by Crippen LogP contribution is 2.11. The van der Waals surface area contributed by atoms with Crippen molar-refractivity contribution in [3.05, 3.63) is 12.2 Å². The zero-order chi connectivity index (χ0) is 19.0. The van der Waals surface area contributed by atoms with Gasteiger partial charge in [0.1, 0.15) is 12.6 Å². The molecule has 0 aromatic carbocycles. The Hall–Kier alpha value is -0.870. The summed E-state index contributed by atoms with van der Waals surface area (Å²) in [6, 6.07) is 0. The number of unbranched alkanes of at least 4 members (excludes halogenated alkanes) is 9. The maximum absolute atomic E-state index is 10.9. The quantitative estimate of drug-likeness (QED) is 0.226. The SMILES string of the molecule is CCCCCCCCCCC/C=C/COC(CC(=O)O)C[N+](C)(C)C. The minimum atomic E-state index is -0.794. The second-order valence-corrected chi connectivity index (χ2v) is 8.11. The smallest absolute Gasteiger partial charge is 0.306 e. The van der Waals surface area contributed by atoms with Gasteiger partial charge in [0, 0.05) is 0 Å². The Labute approximate surface area is 155 Å². The molecule has 0 amide bonds. The lowest BCUT2D eigenvalue weighted by Gasteiger charge is -2.28. The van der Waals surface area contributed by atoms with Crippen LogP contribution in [0.4, 0.5) is 0 Å². The Bertz CT molecular complexity index is 348. The lowest BCUT2D eigenvalue weighted by Crippen LogP contribution is -2.43. The summed E-state index contributed by atoms with van der Waals surface area (Å²) >= 11 is 0. The van der Waals surface area contributed by atoms with Crippen molar-refractivity contribution in [1.29, 1.82) is 0 Å². The molecule has 0 aliphatic rings. The maximum atomic E-state index is 10.9. The van der Waals surface area contributed by atoms with E-state index in [1.165, 1.54) is 57.8 Å². The fourth-order valence-electron chi connectivity index (χ4n) is 2.93. The van der Waals surface area contributed by atoms with Crippen molar-refractivity contribution in [3.63, 3.8) is 0 Å². The topological polar surface area (TPSA) is 46.5 Å². The first-order chi connectivity index (χ1) is 11.8. The molecule has 1 N–H and O–H groups in total. The Balaban J connectivity index is 3.63. The molecule has 0 saturated carbocycles. The third kappa shape index (κ3) is 19.3. The van der Waals surface area contributed by atoms with Crippen molar-refractivity contribution in [2.75, 3.05) is 34.3 Å². The Morgan fingerprint density at radius 1 is 0.960 bits per heavy atom. The minimum Gasteiger partial charge on any atom is -0.481 e. The molecule has 0 bridgehead atoms. The second-order valence-electron chi connectivity index (χ2n) is 8.11. The van der Waals surface area contributed by atoms with Crippen LogP contribution in [0.5, 0.6) is 0 Å². The van der Waals surface area contributed by atoms with E-state index in [1.54, 1.807) is 0 Å². The molecule has 0 heterocycles. The number of hydrogen-bond acceptors (Lipinski definition) is 2. The Kier molecular flexibility index (Phi) is 14.9. The van der Waals surface area contributed by atoms with Gasteiger partial charge >= 0.3 is 5.97 Å². The molecular weight excluding hydrogens is 314 g/mol. The molecule has 0 aliphatic carbocycles. The minimum absolute atomic E-state index is 0.0710. The molecule has 4 heteroatoms. The first kappa shape index (κ1) is 24.1. The van der Waals surface area contributed by atoms with Gasteiger partial charge in [0.2, 0.25) is 0 Å². The van der Waals surface area contributed by atoms with Gasteiger partial charge in [-0.1, -0.05) is 70.4 Å². The fourth-order valence-corrected chi connectivity index (χ4v) is 2.93. The second kappa shape index (κ2) is 15.4. The fraction of sp³-hybridized carbons (Fsp3) is 0.857. The molecule has 0 radical (unpaired) electrons. The van der Waals surface area contributed by atoms with Crippen LogP contribution in [-0.2, 0) is 9.53 Å². The van der Waals surface area contributed by atoms with E-state index in [1.807, 2.05) is 6.08 Å². The molecule has 1 unspecified atom stereocenters. The van der Waals surface area contributed by atoms with Crippen molar-refractivity contribution in [2.45, 2.75) is 83.7 Å². The molecule has 0 aromatic heterocycles. The molecule has 25 heavy (non-hydrogen) atoms. The first-order valence-electron chi connectivity index (χ1n) is 10.1. The summed E-state index contributed by atoms with van der Waals surface area (Å²) in [5, 5.41) is 8.98. The van der Waals surface area contributed by atoms with Crippen LogP contribution in [0.1, 0.15) is 77.6 Å². The van der Waals surface area contributed by atoms with Gasteiger partial charge in [0.25, 0.3) is 0 Å². The van der Waals surface area contributed by atoms with Gasteiger partial charge < -0.3 is 14.3 Å². The van der Waals surface area contributed by atoms with Gasteiger partial charge in [0.05, 0.1) is 34.2 Å². The van der Waals surface area contributed by atoms with Gasteiger partial charge in [-0.2, -0.15) is 0 Å². The molecule has 0 rings (SSSR count). The third-order valence-corrected chi connectivity index (χ3v) is 4.22. The van der Waals surface area contributed by atoms with E-state index >= 15 is 0 Å².